The molecule has 1 aliphatic rings. The zero-order valence-corrected chi connectivity index (χ0v) is 9.60. The van der Waals surface area contributed by atoms with Gasteiger partial charge in [0, 0.05) is 10.6 Å². The van der Waals surface area contributed by atoms with Gasteiger partial charge in [-0.25, -0.2) is 0 Å². The highest BCUT2D eigenvalue weighted by molar-refractivity contribution is 6.31. The van der Waals surface area contributed by atoms with E-state index in [0.29, 0.717) is 18.1 Å². The summed E-state index contributed by atoms with van der Waals surface area (Å²) >= 11 is 6.13. The van der Waals surface area contributed by atoms with E-state index in [2.05, 4.69) is 0 Å². The summed E-state index contributed by atoms with van der Waals surface area (Å²) < 4.78 is 5.55. The van der Waals surface area contributed by atoms with Crippen LogP contribution in [0.2, 0.25) is 5.02 Å². The number of ether oxygens (including phenoxy) is 1. The van der Waals surface area contributed by atoms with Crippen molar-refractivity contribution in [2.75, 3.05) is 6.61 Å². The normalized spacial score (nSPS) is 19.3. The topological polar surface area (TPSA) is 26.3 Å². The minimum atomic E-state index is -0.0438. The molecule has 0 bridgehead atoms. The van der Waals surface area contributed by atoms with Gasteiger partial charge >= 0.3 is 0 Å². The molecule has 0 aromatic heterocycles. The van der Waals surface area contributed by atoms with Crippen LogP contribution in [-0.2, 0) is 11.2 Å². The van der Waals surface area contributed by atoms with Gasteiger partial charge in [0.1, 0.15) is 11.5 Å². The lowest BCUT2D eigenvalue weighted by atomic mass is 9.93. The number of carbonyl (C=O) groups is 1. The molecule has 80 valence electrons. The maximum Gasteiger partial charge on any atom is 0.136 e. The lowest BCUT2D eigenvalue weighted by Gasteiger charge is -2.24. The average molecular weight is 225 g/mol. The Kier molecular flexibility index (Phi) is 2.70. The molecular weight excluding hydrogens is 212 g/mol. The Bertz CT molecular complexity index is 412. The smallest absolute Gasteiger partial charge is 0.136 e. The van der Waals surface area contributed by atoms with E-state index < -0.39 is 0 Å². The van der Waals surface area contributed by atoms with E-state index >= 15 is 0 Å². The summed E-state index contributed by atoms with van der Waals surface area (Å²) in [7, 11) is 0. The summed E-state index contributed by atoms with van der Waals surface area (Å²) in [5, 5.41) is 0.705. The van der Waals surface area contributed by atoms with Gasteiger partial charge in [-0.05, 0) is 38.0 Å². The standard InChI is InChI=1S/C12H13ClO2/c1-7-3-11(13)10-5-9(8(2)14)6-15-12(10)4-7/h3-4,9H,5-6H2,1-2H3. The maximum absolute atomic E-state index is 11.3. The number of hydrogen-bond acceptors (Lipinski definition) is 2. The summed E-state index contributed by atoms with van der Waals surface area (Å²) in [5.41, 5.74) is 2.05. The van der Waals surface area contributed by atoms with Crippen LogP contribution in [0.3, 0.4) is 0 Å². The van der Waals surface area contributed by atoms with Crippen LogP contribution < -0.4 is 4.74 Å². The van der Waals surface area contributed by atoms with Gasteiger partial charge in [0.15, 0.2) is 0 Å². The lowest BCUT2D eigenvalue weighted by Crippen LogP contribution is -2.26. The van der Waals surface area contributed by atoms with Crippen LogP contribution in [0.4, 0.5) is 0 Å². The first kappa shape index (κ1) is 10.5. The van der Waals surface area contributed by atoms with Crippen LogP contribution in [0.15, 0.2) is 12.1 Å². The second kappa shape index (κ2) is 3.86. The van der Waals surface area contributed by atoms with Gasteiger partial charge in [0.25, 0.3) is 0 Å². The molecule has 0 spiro atoms. The summed E-state index contributed by atoms with van der Waals surface area (Å²) in [5.74, 6) is 0.951. The molecule has 0 aliphatic carbocycles. The highest BCUT2D eigenvalue weighted by Gasteiger charge is 2.25. The predicted octanol–water partition coefficient (Wildman–Crippen LogP) is 2.79. The maximum atomic E-state index is 11.3. The Morgan fingerprint density at radius 1 is 1.53 bits per heavy atom. The van der Waals surface area contributed by atoms with E-state index in [1.54, 1.807) is 6.92 Å². The van der Waals surface area contributed by atoms with Crippen LogP contribution in [0.5, 0.6) is 5.75 Å². The van der Waals surface area contributed by atoms with Crippen molar-refractivity contribution in [1.82, 2.24) is 0 Å². The van der Waals surface area contributed by atoms with Crippen molar-refractivity contribution in [3.63, 3.8) is 0 Å². The SMILES string of the molecule is CC(=O)C1COc2cc(C)cc(Cl)c2C1. The average Bonchev–Trinajstić information content (AvgIpc) is 2.16. The molecule has 15 heavy (non-hydrogen) atoms. The number of carbonyl (C=O) groups excluding carboxylic acids is 1. The molecule has 1 aromatic carbocycles. The Balaban J connectivity index is 2.37. The summed E-state index contributed by atoms with van der Waals surface area (Å²) in [6.45, 7) is 4.05. The monoisotopic (exact) mass is 224 g/mol. The summed E-state index contributed by atoms with van der Waals surface area (Å²) in [6.07, 6.45) is 0.698. The number of hydrogen-bond donors (Lipinski definition) is 0. The fourth-order valence-electron chi connectivity index (χ4n) is 1.82. The molecule has 0 radical (unpaired) electrons. The third-order valence-corrected chi connectivity index (χ3v) is 3.10. The first-order valence-electron chi connectivity index (χ1n) is 5.00. The molecule has 3 heteroatoms. The molecule has 1 aromatic rings. The second-order valence-electron chi connectivity index (χ2n) is 4.05. The highest BCUT2D eigenvalue weighted by atomic mass is 35.5. The molecular formula is C12H13ClO2. The van der Waals surface area contributed by atoms with E-state index in [0.717, 1.165) is 16.9 Å². The summed E-state index contributed by atoms with van der Waals surface area (Å²) in [4.78, 5) is 11.3. The van der Waals surface area contributed by atoms with Crippen LogP contribution in [-0.4, -0.2) is 12.4 Å². The summed E-state index contributed by atoms with van der Waals surface area (Å²) in [6, 6.07) is 3.88. The van der Waals surface area contributed by atoms with Gasteiger partial charge in [-0.3, -0.25) is 4.79 Å². The molecule has 1 unspecified atom stereocenters. The third kappa shape index (κ3) is 2.00. The number of ketones is 1. The first-order chi connectivity index (χ1) is 7.08. The van der Waals surface area contributed by atoms with Gasteiger partial charge in [-0.2, -0.15) is 0 Å². The Morgan fingerprint density at radius 2 is 2.27 bits per heavy atom. The number of benzene rings is 1. The number of Topliss-reactive ketones (excluding diaryl/α,β-unsaturated/α-hetero) is 1. The number of aryl methyl sites for hydroxylation is 1. The zero-order chi connectivity index (χ0) is 11.0. The first-order valence-corrected chi connectivity index (χ1v) is 5.38. The Labute approximate surface area is 94.2 Å². The van der Waals surface area contributed by atoms with Gasteiger partial charge in [-0.1, -0.05) is 11.6 Å². The highest BCUT2D eigenvalue weighted by Crippen LogP contribution is 2.34. The number of rotatable bonds is 1. The van der Waals surface area contributed by atoms with Gasteiger partial charge < -0.3 is 4.74 Å². The molecule has 1 heterocycles. The van der Waals surface area contributed by atoms with E-state index in [1.165, 1.54) is 0 Å². The molecule has 2 nitrogen and oxygen atoms in total. The molecule has 1 aliphatic heterocycles. The van der Waals surface area contributed by atoms with E-state index in [-0.39, 0.29) is 11.7 Å². The van der Waals surface area contributed by atoms with E-state index in [1.807, 2.05) is 19.1 Å². The van der Waals surface area contributed by atoms with Gasteiger partial charge in [0.05, 0.1) is 12.5 Å². The minimum Gasteiger partial charge on any atom is -0.492 e. The lowest BCUT2D eigenvalue weighted by molar-refractivity contribution is -0.121. The van der Waals surface area contributed by atoms with Crippen molar-refractivity contribution in [3.8, 4) is 5.75 Å². The van der Waals surface area contributed by atoms with Gasteiger partial charge in [-0.15, -0.1) is 0 Å². The van der Waals surface area contributed by atoms with Crippen LogP contribution in [0.25, 0.3) is 0 Å². The quantitative estimate of drug-likeness (QED) is 0.733. The van der Waals surface area contributed by atoms with Crippen LogP contribution >= 0.6 is 11.6 Å². The number of fused-ring (bicyclic) bond motifs is 1. The van der Waals surface area contributed by atoms with Crippen molar-refractivity contribution in [1.29, 1.82) is 0 Å². The third-order valence-electron chi connectivity index (χ3n) is 2.76. The zero-order valence-electron chi connectivity index (χ0n) is 8.84. The molecule has 0 saturated carbocycles. The van der Waals surface area contributed by atoms with Crippen LogP contribution in [0, 0.1) is 12.8 Å². The minimum absolute atomic E-state index is 0.0438. The Hall–Kier alpha value is -1.02. The molecule has 0 fully saturated rings. The van der Waals surface area contributed by atoms with Crippen LogP contribution in [0.1, 0.15) is 18.1 Å². The van der Waals surface area contributed by atoms with Crippen molar-refractivity contribution in [2.45, 2.75) is 20.3 Å². The molecule has 2 rings (SSSR count). The van der Waals surface area contributed by atoms with E-state index in [9.17, 15) is 4.79 Å². The largest absolute Gasteiger partial charge is 0.492 e. The van der Waals surface area contributed by atoms with E-state index in [4.69, 9.17) is 16.3 Å². The second-order valence-corrected chi connectivity index (χ2v) is 4.45. The molecule has 0 N–H and O–H groups in total. The molecule has 0 amide bonds. The van der Waals surface area contributed by atoms with Crippen molar-refractivity contribution < 1.29 is 9.53 Å². The van der Waals surface area contributed by atoms with Crippen molar-refractivity contribution in [2.24, 2.45) is 5.92 Å². The van der Waals surface area contributed by atoms with Crippen molar-refractivity contribution in [3.05, 3.63) is 28.3 Å². The molecule has 1 atom stereocenters. The predicted molar refractivity (Wildman–Crippen MR) is 59.6 cm³/mol. The van der Waals surface area contributed by atoms with Gasteiger partial charge in [0.2, 0.25) is 0 Å². The fourth-order valence-corrected chi connectivity index (χ4v) is 2.17. The Morgan fingerprint density at radius 3 is 2.93 bits per heavy atom. The van der Waals surface area contributed by atoms with Crippen molar-refractivity contribution >= 4 is 17.4 Å². The fraction of sp³-hybridized carbons (Fsp3) is 0.417. The number of halogens is 1. The molecule has 0 saturated heterocycles.